The van der Waals surface area contributed by atoms with Gasteiger partial charge in [-0.25, -0.2) is 0 Å². The normalized spacial score (nSPS) is 28.7. The number of nitriles is 1. The first-order valence-corrected chi connectivity index (χ1v) is 7.73. The number of ether oxygens (including phenoxy) is 2. The molecular formula is C17H22N2O2. The second kappa shape index (κ2) is 5.95. The molecule has 0 radical (unpaired) electrons. The molecule has 0 heterocycles. The van der Waals surface area contributed by atoms with E-state index < -0.39 is 5.54 Å². The average molecular weight is 286 g/mol. The van der Waals surface area contributed by atoms with Crippen LogP contribution in [0.1, 0.15) is 38.5 Å². The molecule has 2 unspecified atom stereocenters. The Kier molecular flexibility index (Phi) is 4.03. The first kappa shape index (κ1) is 14.2. The van der Waals surface area contributed by atoms with Crippen molar-refractivity contribution in [2.75, 3.05) is 7.11 Å². The Balaban J connectivity index is 1.69. The van der Waals surface area contributed by atoms with Gasteiger partial charge in [-0.15, -0.1) is 0 Å². The predicted octanol–water partition coefficient (Wildman–Crippen LogP) is 3.03. The lowest BCUT2D eigenvalue weighted by Gasteiger charge is -2.36. The van der Waals surface area contributed by atoms with E-state index in [4.69, 9.17) is 9.47 Å². The van der Waals surface area contributed by atoms with Crippen molar-refractivity contribution in [3.8, 4) is 17.6 Å². The molecule has 1 aromatic carbocycles. The lowest BCUT2D eigenvalue weighted by atomic mass is 9.81. The molecule has 2 aliphatic carbocycles. The van der Waals surface area contributed by atoms with E-state index in [0.29, 0.717) is 6.04 Å². The van der Waals surface area contributed by atoms with E-state index in [1.165, 1.54) is 12.8 Å². The largest absolute Gasteiger partial charge is 0.493 e. The summed E-state index contributed by atoms with van der Waals surface area (Å²) in [5.74, 6) is 1.52. The van der Waals surface area contributed by atoms with Gasteiger partial charge in [-0.2, -0.15) is 5.26 Å². The van der Waals surface area contributed by atoms with Gasteiger partial charge in [0.25, 0.3) is 0 Å². The molecule has 0 bridgehead atoms. The summed E-state index contributed by atoms with van der Waals surface area (Å²) < 4.78 is 11.5. The van der Waals surface area contributed by atoms with Gasteiger partial charge in [0.15, 0.2) is 11.5 Å². The van der Waals surface area contributed by atoms with E-state index >= 15 is 0 Å². The zero-order chi connectivity index (χ0) is 14.7. The van der Waals surface area contributed by atoms with E-state index in [1.807, 2.05) is 24.3 Å². The number of hydrogen-bond acceptors (Lipinski definition) is 4. The highest BCUT2D eigenvalue weighted by Crippen LogP contribution is 2.36. The van der Waals surface area contributed by atoms with Crippen LogP contribution < -0.4 is 14.8 Å². The highest BCUT2D eigenvalue weighted by atomic mass is 16.5. The molecule has 0 aromatic heterocycles. The molecular weight excluding hydrogens is 264 g/mol. The zero-order valence-electron chi connectivity index (χ0n) is 12.5. The van der Waals surface area contributed by atoms with Crippen LogP contribution in [0.4, 0.5) is 0 Å². The van der Waals surface area contributed by atoms with E-state index in [0.717, 1.165) is 37.2 Å². The second-order valence-corrected chi connectivity index (χ2v) is 6.10. The molecule has 1 N–H and O–H groups in total. The molecule has 2 saturated carbocycles. The van der Waals surface area contributed by atoms with Crippen LogP contribution in [0.3, 0.4) is 0 Å². The molecule has 0 aliphatic heterocycles. The number of rotatable bonds is 5. The van der Waals surface area contributed by atoms with Crippen LogP contribution in [0.5, 0.6) is 11.5 Å². The molecule has 21 heavy (non-hydrogen) atoms. The summed E-state index contributed by atoms with van der Waals surface area (Å²) >= 11 is 0. The monoisotopic (exact) mass is 286 g/mol. The number of benzene rings is 1. The Labute approximate surface area is 126 Å². The quantitative estimate of drug-likeness (QED) is 0.904. The maximum atomic E-state index is 9.61. The Hall–Kier alpha value is -1.73. The summed E-state index contributed by atoms with van der Waals surface area (Å²) in [6, 6.07) is 10.8. The van der Waals surface area contributed by atoms with Crippen molar-refractivity contribution < 1.29 is 9.47 Å². The third-order valence-corrected chi connectivity index (χ3v) is 4.34. The topological polar surface area (TPSA) is 54.3 Å². The standard InChI is InChI=1S/C17H22N2O2/c1-20-15-6-2-3-7-16(15)21-14-5-4-10-17(11-14,12-18)19-13-8-9-13/h2-3,6-7,13-14,19H,4-5,8-11H2,1H3. The summed E-state index contributed by atoms with van der Waals surface area (Å²) in [6.45, 7) is 0. The third-order valence-electron chi connectivity index (χ3n) is 4.34. The van der Waals surface area contributed by atoms with Crippen molar-refractivity contribution in [1.29, 1.82) is 5.26 Å². The predicted molar refractivity (Wildman–Crippen MR) is 80.4 cm³/mol. The minimum absolute atomic E-state index is 0.0703. The lowest BCUT2D eigenvalue weighted by molar-refractivity contribution is 0.108. The molecule has 3 rings (SSSR count). The van der Waals surface area contributed by atoms with Gasteiger partial charge in [-0.05, 0) is 44.2 Å². The van der Waals surface area contributed by atoms with Crippen LogP contribution in [-0.4, -0.2) is 24.8 Å². The smallest absolute Gasteiger partial charge is 0.161 e. The van der Waals surface area contributed by atoms with Crippen molar-refractivity contribution in [1.82, 2.24) is 5.32 Å². The van der Waals surface area contributed by atoms with Crippen LogP contribution >= 0.6 is 0 Å². The average Bonchev–Trinajstić information content (AvgIpc) is 3.32. The highest BCUT2D eigenvalue weighted by Gasteiger charge is 2.41. The molecule has 4 heteroatoms. The van der Waals surface area contributed by atoms with Crippen LogP contribution in [-0.2, 0) is 0 Å². The van der Waals surface area contributed by atoms with Gasteiger partial charge in [-0.1, -0.05) is 12.1 Å². The van der Waals surface area contributed by atoms with Gasteiger partial charge in [0, 0.05) is 12.5 Å². The fraction of sp³-hybridized carbons (Fsp3) is 0.588. The molecule has 0 amide bonds. The van der Waals surface area contributed by atoms with Crippen LogP contribution in [0.15, 0.2) is 24.3 Å². The van der Waals surface area contributed by atoms with Crippen molar-refractivity contribution in [2.24, 2.45) is 0 Å². The Morgan fingerprint density at radius 2 is 2.00 bits per heavy atom. The Morgan fingerprint density at radius 3 is 2.67 bits per heavy atom. The number of methoxy groups -OCH3 is 1. The summed E-state index contributed by atoms with van der Waals surface area (Å²) in [5.41, 5.74) is -0.411. The first-order chi connectivity index (χ1) is 10.2. The minimum atomic E-state index is -0.411. The third kappa shape index (κ3) is 3.30. The zero-order valence-corrected chi connectivity index (χ0v) is 12.5. The Bertz CT molecular complexity index is 536. The van der Waals surface area contributed by atoms with Gasteiger partial charge < -0.3 is 9.47 Å². The molecule has 2 fully saturated rings. The van der Waals surface area contributed by atoms with Gasteiger partial charge in [-0.3, -0.25) is 5.32 Å². The molecule has 4 nitrogen and oxygen atoms in total. The van der Waals surface area contributed by atoms with Gasteiger partial charge in [0.05, 0.1) is 13.2 Å². The molecule has 1 aromatic rings. The fourth-order valence-electron chi connectivity index (χ4n) is 3.10. The van der Waals surface area contributed by atoms with E-state index in [-0.39, 0.29) is 6.10 Å². The van der Waals surface area contributed by atoms with Crippen LogP contribution in [0.25, 0.3) is 0 Å². The van der Waals surface area contributed by atoms with Crippen molar-refractivity contribution >= 4 is 0 Å². The molecule has 112 valence electrons. The highest BCUT2D eigenvalue weighted by molar-refractivity contribution is 5.39. The van der Waals surface area contributed by atoms with Gasteiger partial charge >= 0.3 is 0 Å². The van der Waals surface area contributed by atoms with Gasteiger partial charge in [0.1, 0.15) is 11.6 Å². The summed E-state index contributed by atoms with van der Waals surface area (Å²) in [6.07, 6.45) is 6.15. The lowest BCUT2D eigenvalue weighted by Crippen LogP contribution is -2.50. The van der Waals surface area contributed by atoms with E-state index in [1.54, 1.807) is 7.11 Å². The van der Waals surface area contributed by atoms with E-state index in [2.05, 4.69) is 11.4 Å². The maximum Gasteiger partial charge on any atom is 0.161 e. The first-order valence-electron chi connectivity index (χ1n) is 7.73. The van der Waals surface area contributed by atoms with Crippen molar-refractivity contribution in [2.45, 2.75) is 56.2 Å². The minimum Gasteiger partial charge on any atom is -0.493 e. The summed E-state index contributed by atoms with van der Waals surface area (Å²) in [4.78, 5) is 0. The number of nitrogens with zero attached hydrogens (tertiary/aromatic N) is 1. The van der Waals surface area contributed by atoms with Crippen LogP contribution in [0.2, 0.25) is 0 Å². The molecule has 0 saturated heterocycles. The molecule has 0 spiro atoms. The number of hydrogen-bond donors (Lipinski definition) is 1. The SMILES string of the molecule is COc1ccccc1OC1CCCC(C#N)(NC2CC2)C1. The Morgan fingerprint density at radius 1 is 1.24 bits per heavy atom. The maximum absolute atomic E-state index is 9.61. The number of nitrogens with one attached hydrogen (secondary N) is 1. The summed E-state index contributed by atoms with van der Waals surface area (Å²) in [5, 5.41) is 13.1. The molecule has 2 atom stereocenters. The van der Waals surface area contributed by atoms with Crippen molar-refractivity contribution in [3.63, 3.8) is 0 Å². The number of para-hydroxylation sites is 2. The molecule has 2 aliphatic rings. The van der Waals surface area contributed by atoms with Gasteiger partial charge in [0.2, 0.25) is 0 Å². The van der Waals surface area contributed by atoms with Crippen LogP contribution in [0, 0.1) is 11.3 Å². The van der Waals surface area contributed by atoms with E-state index in [9.17, 15) is 5.26 Å². The van der Waals surface area contributed by atoms with Crippen molar-refractivity contribution in [3.05, 3.63) is 24.3 Å². The summed E-state index contributed by atoms with van der Waals surface area (Å²) in [7, 11) is 1.65. The fourth-order valence-corrected chi connectivity index (χ4v) is 3.10. The second-order valence-electron chi connectivity index (χ2n) is 6.10.